The van der Waals surface area contributed by atoms with Crippen molar-refractivity contribution in [2.45, 2.75) is 18.7 Å². The van der Waals surface area contributed by atoms with Crippen molar-refractivity contribution >= 4 is 46.4 Å². The summed E-state index contributed by atoms with van der Waals surface area (Å²) in [5.74, 6) is 0.351. The Kier molecular flexibility index (Phi) is 3.24. The van der Waals surface area contributed by atoms with E-state index in [0.29, 0.717) is 18.1 Å². The van der Waals surface area contributed by atoms with Crippen LogP contribution in [0.3, 0.4) is 0 Å². The fourth-order valence-corrected chi connectivity index (χ4v) is 2.55. The molecular weight excluding hydrogens is 272 g/mol. The van der Waals surface area contributed by atoms with Gasteiger partial charge in [0.2, 0.25) is 5.91 Å². The van der Waals surface area contributed by atoms with Gasteiger partial charge >= 0.3 is 0 Å². The van der Waals surface area contributed by atoms with Gasteiger partial charge in [0.05, 0.1) is 5.38 Å². The number of anilines is 1. The molecule has 1 unspecified atom stereocenters. The highest BCUT2D eigenvalue weighted by atomic mass is 35.5. The third-order valence-electron chi connectivity index (χ3n) is 2.26. The third kappa shape index (κ3) is 2.10. The average molecular weight is 281 g/mol. The summed E-state index contributed by atoms with van der Waals surface area (Å²) < 4.78 is 0. The zero-order valence-corrected chi connectivity index (χ0v) is 10.6. The fraction of sp³-hybridized carbons (Fsp3) is 0.444. The second-order valence-corrected chi connectivity index (χ2v) is 4.84. The Morgan fingerprint density at radius 1 is 1.31 bits per heavy atom. The Morgan fingerprint density at radius 2 is 1.88 bits per heavy atom. The van der Waals surface area contributed by atoms with E-state index in [1.54, 1.807) is 6.92 Å². The van der Waals surface area contributed by atoms with E-state index in [0.717, 1.165) is 0 Å². The first kappa shape index (κ1) is 11.9. The standard InChI is InChI=1S/C9H8Cl3N3O/c1-4-13-8(11)7(9(12)14-4)15-3-5(10)2-6(15)16/h5H,2-3H2,1H3. The lowest BCUT2D eigenvalue weighted by Crippen LogP contribution is -2.26. The smallest absolute Gasteiger partial charge is 0.228 e. The zero-order chi connectivity index (χ0) is 11.9. The minimum Gasteiger partial charge on any atom is -0.305 e. The van der Waals surface area contributed by atoms with Gasteiger partial charge in [-0.1, -0.05) is 23.2 Å². The van der Waals surface area contributed by atoms with Gasteiger partial charge in [0, 0.05) is 13.0 Å². The van der Waals surface area contributed by atoms with Crippen LogP contribution in [0.25, 0.3) is 0 Å². The van der Waals surface area contributed by atoms with Crippen molar-refractivity contribution in [3.05, 3.63) is 16.1 Å². The lowest BCUT2D eigenvalue weighted by atomic mass is 10.4. The Balaban J connectivity index is 2.44. The van der Waals surface area contributed by atoms with Crippen molar-refractivity contribution in [3.8, 4) is 0 Å². The van der Waals surface area contributed by atoms with Crippen molar-refractivity contribution in [1.29, 1.82) is 0 Å². The maximum absolute atomic E-state index is 11.6. The molecule has 1 atom stereocenters. The van der Waals surface area contributed by atoms with Crippen LogP contribution in [0.2, 0.25) is 10.3 Å². The van der Waals surface area contributed by atoms with Gasteiger partial charge in [0.25, 0.3) is 0 Å². The molecule has 7 heteroatoms. The summed E-state index contributed by atoms with van der Waals surface area (Å²) in [5, 5.41) is 0.133. The monoisotopic (exact) mass is 279 g/mol. The molecule has 0 N–H and O–H groups in total. The van der Waals surface area contributed by atoms with Gasteiger partial charge in [0.1, 0.15) is 11.5 Å². The molecule has 0 radical (unpaired) electrons. The molecular formula is C9H8Cl3N3O. The van der Waals surface area contributed by atoms with E-state index >= 15 is 0 Å². The maximum atomic E-state index is 11.6. The first-order chi connectivity index (χ1) is 7.49. The van der Waals surface area contributed by atoms with Crippen LogP contribution in [0.4, 0.5) is 5.69 Å². The predicted molar refractivity (Wildman–Crippen MR) is 63.4 cm³/mol. The van der Waals surface area contributed by atoms with Crippen molar-refractivity contribution in [2.24, 2.45) is 0 Å². The van der Waals surface area contributed by atoms with Crippen LogP contribution in [0.1, 0.15) is 12.2 Å². The summed E-state index contributed by atoms with van der Waals surface area (Å²) in [4.78, 5) is 21.0. The first-order valence-corrected chi connectivity index (χ1v) is 5.82. The van der Waals surface area contributed by atoms with Gasteiger partial charge in [0.15, 0.2) is 10.3 Å². The van der Waals surface area contributed by atoms with E-state index in [1.807, 2.05) is 0 Å². The lowest BCUT2D eigenvalue weighted by molar-refractivity contribution is -0.117. The van der Waals surface area contributed by atoms with Gasteiger partial charge in [-0.05, 0) is 6.92 Å². The van der Waals surface area contributed by atoms with Crippen molar-refractivity contribution in [1.82, 2.24) is 9.97 Å². The second kappa shape index (κ2) is 4.35. The Hall–Kier alpha value is -0.580. The van der Waals surface area contributed by atoms with Crippen LogP contribution in [-0.4, -0.2) is 27.8 Å². The summed E-state index contributed by atoms with van der Waals surface area (Å²) in [7, 11) is 0. The molecule has 0 bridgehead atoms. The number of rotatable bonds is 1. The first-order valence-electron chi connectivity index (χ1n) is 4.63. The molecule has 1 saturated heterocycles. The number of amides is 1. The normalized spacial score (nSPS) is 20.6. The second-order valence-electron chi connectivity index (χ2n) is 3.51. The van der Waals surface area contributed by atoms with Crippen LogP contribution < -0.4 is 4.90 Å². The maximum Gasteiger partial charge on any atom is 0.228 e. The van der Waals surface area contributed by atoms with Gasteiger partial charge in [-0.25, -0.2) is 9.97 Å². The highest BCUT2D eigenvalue weighted by Crippen LogP contribution is 2.34. The molecule has 16 heavy (non-hydrogen) atoms. The summed E-state index contributed by atoms with van der Waals surface area (Å²) in [6, 6.07) is 0. The van der Waals surface area contributed by atoms with Gasteiger partial charge in [-0.15, -0.1) is 11.6 Å². The van der Waals surface area contributed by atoms with Crippen molar-refractivity contribution < 1.29 is 4.79 Å². The largest absolute Gasteiger partial charge is 0.305 e. The van der Waals surface area contributed by atoms with Crippen LogP contribution in [0.15, 0.2) is 0 Å². The topological polar surface area (TPSA) is 46.1 Å². The number of aryl methyl sites for hydroxylation is 1. The summed E-state index contributed by atoms with van der Waals surface area (Å²) in [6.07, 6.45) is 0.280. The Morgan fingerprint density at radius 3 is 2.31 bits per heavy atom. The van der Waals surface area contributed by atoms with E-state index < -0.39 is 0 Å². The molecule has 1 aromatic rings. The number of hydrogen-bond donors (Lipinski definition) is 0. The number of carbonyl (C=O) groups is 1. The third-order valence-corrected chi connectivity index (χ3v) is 3.08. The highest BCUT2D eigenvalue weighted by molar-refractivity contribution is 6.38. The minimum atomic E-state index is -0.221. The van der Waals surface area contributed by atoms with Crippen LogP contribution >= 0.6 is 34.8 Å². The number of nitrogens with zero attached hydrogens (tertiary/aromatic N) is 3. The number of aromatic nitrogens is 2. The quantitative estimate of drug-likeness (QED) is 0.586. The minimum absolute atomic E-state index is 0.115. The summed E-state index contributed by atoms with van der Waals surface area (Å²) >= 11 is 17.8. The molecule has 1 fully saturated rings. The van der Waals surface area contributed by atoms with E-state index in [-0.39, 0.29) is 28.0 Å². The van der Waals surface area contributed by atoms with Crippen LogP contribution in [0, 0.1) is 6.92 Å². The van der Waals surface area contributed by atoms with Crippen LogP contribution in [-0.2, 0) is 4.79 Å². The number of alkyl halides is 1. The predicted octanol–water partition coefficient (Wildman–Crippen LogP) is 2.44. The molecule has 1 aliphatic rings. The Bertz CT molecular complexity index is 429. The molecule has 86 valence electrons. The molecule has 0 aliphatic carbocycles. The van der Waals surface area contributed by atoms with Gasteiger partial charge in [-0.2, -0.15) is 0 Å². The SMILES string of the molecule is Cc1nc(Cl)c(N2CC(Cl)CC2=O)c(Cl)n1. The van der Waals surface area contributed by atoms with E-state index in [9.17, 15) is 4.79 Å². The van der Waals surface area contributed by atoms with Crippen molar-refractivity contribution in [3.63, 3.8) is 0 Å². The number of hydrogen-bond acceptors (Lipinski definition) is 3. The number of carbonyl (C=O) groups excluding carboxylic acids is 1. The molecule has 1 aromatic heterocycles. The Labute approximate surface area is 108 Å². The lowest BCUT2D eigenvalue weighted by Gasteiger charge is -2.17. The molecule has 2 rings (SSSR count). The number of halogens is 3. The molecule has 0 aromatic carbocycles. The van der Waals surface area contributed by atoms with E-state index in [1.165, 1.54) is 4.90 Å². The molecule has 2 heterocycles. The summed E-state index contributed by atoms with van der Waals surface area (Å²) in [6.45, 7) is 2.06. The van der Waals surface area contributed by atoms with Crippen LogP contribution in [0.5, 0.6) is 0 Å². The highest BCUT2D eigenvalue weighted by Gasteiger charge is 2.32. The van der Waals surface area contributed by atoms with E-state index in [4.69, 9.17) is 34.8 Å². The van der Waals surface area contributed by atoms with Gasteiger partial charge in [-0.3, -0.25) is 4.79 Å². The van der Waals surface area contributed by atoms with Crippen molar-refractivity contribution in [2.75, 3.05) is 11.4 Å². The molecule has 0 saturated carbocycles. The molecule has 4 nitrogen and oxygen atoms in total. The van der Waals surface area contributed by atoms with E-state index in [2.05, 4.69) is 9.97 Å². The molecule has 1 amide bonds. The van der Waals surface area contributed by atoms with Gasteiger partial charge < -0.3 is 4.90 Å². The zero-order valence-electron chi connectivity index (χ0n) is 8.38. The average Bonchev–Trinajstić information content (AvgIpc) is 2.43. The fourth-order valence-electron chi connectivity index (χ4n) is 1.60. The summed E-state index contributed by atoms with van der Waals surface area (Å²) in [5.41, 5.74) is 0.349. The molecule has 1 aliphatic heterocycles. The molecule has 0 spiro atoms.